The van der Waals surface area contributed by atoms with Crippen LogP contribution in [0.2, 0.25) is 0 Å². The van der Waals surface area contributed by atoms with Crippen LogP contribution < -0.4 is 10.1 Å². The molecule has 2 aromatic rings. The zero-order valence-electron chi connectivity index (χ0n) is 13.9. The van der Waals surface area contributed by atoms with E-state index < -0.39 is 5.97 Å². The lowest BCUT2D eigenvalue weighted by atomic mass is 10.1. The van der Waals surface area contributed by atoms with Gasteiger partial charge in [-0.2, -0.15) is 0 Å². The zero-order chi connectivity index (χ0) is 17.0. The molecule has 2 N–H and O–H groups in total. The van der Waals surface area contributed by atoms with Crippen molar-refractivity contribution in [3.63, 3.8) is 0 Å². The second-order valence-electron chi connectivity index (χ2n) is 5.73. The van der Waals surface area contributed by atoms with Crippen LogP contribution in [0, 0.1) is 0 Å². The third-order valence-corrected chi connectivity index (χ3v) is 3.75. The summed E-state index contributed by atoms with van der Waals surface area (Å²) in [6, 6.07) is 18.5. The van der Waals surface area contributed by atoms with E-state index in [0.717, 1.165) is 31.6 Å². The predicted molar refractivity (Wildman–Crippen MR) is 95.5 cm³/mol. The smallest absolute Gasteiger partial charge is 0.304 e. The Morgan fingerprint density at radius 2 is 1.62 bits per heavy atom. The number of aliphatic carboxylic acids is 1. The van der Waals surface area contributed by atoms with Gasteiger partial charge in [0.25, 0.3) is 0 Å². The molecule has 2 rings (SSSR count). The SMILES string of the molecule is O=C(O)CCNCCc1ccc(OCCCc2ccccc2)cc1. The van der Waals surface area contributed by atoms with Gasteiger partial charge in [-0.3, -0.25) is 4.79 Å². The van der Waals surface area contributed by atoms with Gasteiger partial charge in [0.15, 0.2) is 0 Å². The maximum atomic E-state index is 10.4. The summed E-state index contributed by atoms with van der Waals surface area (Å²) in [6.07, 6.45) is 3.07. The average molecular weight is 327 g/mol. The predicted octanol–water partition coefficient (Wildman–Crippen LogP) is 3.31. The van der Waals surface area contributed by atoms with Crippen LogP contribution in [0.5, 0.6) is 5.75 Å². The van der Waals surface area contributed by atoms with Gasteiger partial charge in [-0.1, -0.05) is 42.5 Å². The molecule has 0 aromatic heterocycles. The Morgan fingerprint density at radius 3 is 2.33 bits per heavy atom. The van der Waals surface area contributed by atoms with Crippen molar-refractivity contribution in [2.45, 2.75) is 25.7 Å². The highest BCUT2D eigenvalue weighted by Gasteiger charge is 1.99. The van der Waals surface area contributed by atoms with E-state index in [9.17, 15) is 4.79 Å². The summed E-state index contributed by atoms with van der Waals surface area (Å²) in [6.45, 7) is 2.01. The number of carboxylic acids is 1. The number of hydrogen-bond acceptors (Lipinski definition) is 3. The van der Waals surface area contributed by atoms with Crippen molar-refractivity contribution in [3.05, 3.63) is 65.7 Å². The van der Waals surface area contributed by atoms with E-state index in [1.54, 1.807) is 0 Å². The van der Waals surface area contributed by atoms with Crippen molar-refractivity contribution < 1.29 is 14.6 Å². The van der Waals surface area contributed by atoms with Crippen LogP contribution in [0.1, 0.15) is 24.0 Å². The number of carbonyl (C=O) groups is 1. The fourth-order valence-electron chi connectivity index (χ4n) is 2.42. The van der Waals surface area contributed by atoms with Gasteiger partial charge in [-0.25, -0.2) is 0 Å². The molecule has 24 heavy (non-hydrogen) atoms. The summed E-state index contributed by atoms with van der Waals surface area (Å²) in [7, 11) is 0. The fourth-order valence-corrected chi connectivity index (χ4v) is 2.42. The van der Waals surface area contributed by atoms with E-state index in [4.69, 9.17) is 9.84 Å². The van der Waals surface area contributed by atoms with Crippen molar-refractivity contribution >= 4 is 5.97 Å². The summed E-state index contributed by atoms with van der Waals surface area (Å²) >= 11 is 0. The minimum absolute atomic E-state index is 0.162. The van der Waals surface area contributed by atoms with Crippen LogP contribution in [0.3, 0.4) is 0 Å². The molecule has 4 heteroatoms. The monoisotopic (exact) mass is 327 g/mol. The van der Waals surface area contributed by atoms with E-state index in [2.05, 4.69) is 41.7 Å². The first kappa shape index (κ1) is 18.0. The lowest BCUT2D eigenvalue weighted by Gasteiger charge is -2.08. The van der Waals surface area contributed by atoms with Crippen molar-refractivity contribution in [3.8, 4) is 5.75 Å². The van der Waals surface area contributed by atoms with E-state index >= 15 is 0 Å². The number of aryl methyl sites for hydroxylation is 1. The summed E-state index contributed by atoms with van der Waals surface area (Å²) in [4.78, 5) is 10.4. The molecule has 0 radical (unpaired) electrons. The Labute approximate surface area is 143 Å². The zero-order valence-corrected chi connectivity index (χ0v) is 13.9. The number of carboxylic acid groups (broad SMARTS) is 1. The molecule has 0 aliphatic heterocycles. The van der Waals surface area contributed by atoms with Crippen molar-refractivity contribution in [2.24, 2.45) is 0 Å². The van der Waals surface area contributed by atoms with Crippen molar-refractivity contribution in [2.75, 3.05) is 19.7 Å². The van der Waals surface area contributed by atoms with Crippen LogP contribution >= 0.6 is 0 Å². The summed E-state index contributed by atoms with van der Waals surface area (Å²) in [5.74, 6) is 0.127. The maximum absolute atomic E-state index is 10.4. The molecule has 128 valence electrons. The fraction of sp³-hybridized carbons (Fsp3) is 0.350. The lowest BCUT2D eigenvalue weighted by Crippen LogP contribution is -2.20. The first-order valence-corrected chi connectivity index (χ1v) is 8.42. The molecule has 0 bridgehead atoms. The molecule has 0 aliphatic carbocycles. The van der Waals surface area contributed by atoms with E-state index in [0.29, 0.717) is 13.2 Å². The van der Waals surface area contributed by atoms with E-state index in [1.165, 1.54) is 11.1 Å². The van der Waals surface area contributed by atoms with Gasteiger partial charge in [0.1, 0.15) is 5.75 Å². The quantitative estimate of drug-likeness (QED) is 0.622. The maximum Gasteiger partial charge on any atom is 0.304 e. The second kappa shape index (κ2) is 10.4. The molecular formula is C20H25NO3. The Morgan fingerprint density at radius 1 is 0.917 bits per heavy atom. The van der Waals surface area contributed by atoms with Crippen LogP contribution in [0.15, 0.2) is 54.6 Å². The highest BCUT2D eigenvalue weighted by molar-refractivity contribution is 5.66. The van der Waals surface area contributed by atoms with Gasteiger partial charge in [0.05, 0.1) is 13.0 Å². The number of rotatable bonds is 11. The molecule has 4 nitrogen and oxygen atoms in total. The molecule has 0 unspecified atom stereocenters. The van der Waals surface area contributed by atoms with Gasteiger partial charge in [0.2, 0.25) is 0 Å². The van der Waals surface area contributed by atoms with E-state index in [1.807, 2.05) is 18.2 Å². The Kier molecular flexibility index (Phi) is 7.84. The minimum Gasteiger partial charge on any atom is -0.494 e. The molecule has 0 spiro atoms. The molecular weight excluding hydrogens is 302 g/mol. The largest absolute Gasteiger partial charge is 0.494 e. The summed E-state index contributed by atoms with van der Waals surface area (Å²) in [5.41, 5.74) is 2.56. The minimum atomic E-state index is -0.767. The Hall–Kier alpha value is -2.33. The molecule has 0 aliphatic rings. The van der Waals surface area contributed by atoms with Gasteiger partial charge in [-0.15, -0.1) is 0 Å². The van der Waals surface area contributed by atoms with Crippen LogP contribution in [-0.4, -0.2) is 30.8 Å². The Balaban J connectivity index is 1.60. The van der Waals surface area contributed by atoms with Gasteiger partial charge in [-0.05, 0) is 49.1 Å². The number of hydrogen-bond donors (Lipinski definition) is 2. The highest BCUT2D eigenvalue weighted by atomic mass is 16.5. The van der Waals surface area contributed by atoms with Crippen molar-refractivity contribution in [1.82, 2.24) is 5.32 Å². The second-order valence-corrected chi connectivity index (χ2v) is 5.73. The van der Waals surface area contributed by atoms with Crippen LogP contribution in [-0.2, 0) is 17.6 Å². The van der Waals surface area contributed by atoms with Gasteiger partial charge >= 0.3 is 5.97 Å². The van der Waals surface area contributed by atoms with Crippen LogP contribution in [0.25, 0.3) is 0 Å². The number of nitrogens with one attached hydrogen (secondary N) is 1. The standard InChI is InChI=1S/C20H25NO3/c22-20(23)13-15-21-14-12-18-8-10-19(11-9-18)24-16-4-7-17-5-2-1-3-6-17/h1-3,5-6,8-11,21H,4,7,12-16H2,(H,22,23). The molecule has 0 fully saturated rings. The number of ether oxygens (including phenoxy) is 1. The average Bonchev–Trinajstić information content (AvgIpc) is 2.60. The Bertz CT molecular complexity index is 596. The molecule has 0 saturated heterocycles. The topological polar surface area (TPSA) is 58.6 Å². The molecule has 0 heterocycles. The summed E-state index contributed by atoms with van der Waals surface area (Å²) in [5, 5.41) is 11.7. The number of benzene rings is 2. The molecule has 0 amide bonds. The third kappa shape index (κ3) is 7.29. The van der Waals surface area contributed by atoms with Gasteiger partial charge in [0, 0.05) is 6.54 Å². The lowest BCUT2D eigenvalue weighted by molar-refractivity contribution is -0.136. The van der Waals surface area contributed by atoms with Crippen LogP contribution in [0.4, 0.5) is 0 Å². The highest BCUT2D eigenvalue weighted by Crippen LogP contribution is 2.13. The molecule has 0 saturated carbocycles. The molecule has 0 atom stereocenters. The third-order valence-electron chi connectivity index (χ3n) is 3.75. The first-order valence-electron chi connectivity index (χ1n) is 8.42. The van der Waals surface area contributed by atoms with E-state index in [-0.39, 0.29) is 6.42 Å². The molecule has 2 aromatic carbocycles. The first-order chi connectivity index (χ1) is 11.7. The van der Waals surface area contributed by atoms with Crippen molar-refractivity contribution in [1.29, 1.82) is 0 Å². The van der Waals surface area contributed by atoms with Gasteiger partial charge < -0.3 is 15.2 Å². The normalized spacial score (nSPS) is 10.5. The summed E-state index contributed by atoms with van der Waals surface area (Å²) < 4.78 is 5.77.